The lowest BCUT2D eigenvalue weighted by Gasteiger charge is -2.08. The van der Waals surface area contributed by atoms with E-state index in [2.05, 4.69) is 5.32 Å². The van der Waals surface area contributed by atoms with Gasteiger partial charge < -0.3 is 9.88 Å². The Bertz CT molecular complexity index is 1440. The molecule has 0 bridgehead atoms. The zero-order chi connectivity index (χ0) is 22.9. The number of carbonyl (C=O) groups is 2. The summed E-state index contributed by atoms with van der Waals surface area (Å²) in [5, 5.41) is 3.72. The molecular weight excluding hydrogens is 448 g/mol. The summed E-state index contributed by atoms with van der Waals surface area (Å²) in [6.07, 6.45) is 1.47. The first kappa shape index (κ1) is 21.8. The summed E-state index contributed by atoms with van der Waals surface area (Å²) in [5.74, 6) is -0.448. The van der Waals surface area contributed by atoms with Crippen molar-refractivity contribution in [3.63, 3.8) is 0 Å². The molecule has 4 aromatic rings. The van der Waals surface area contributed by atoms with Crippen molar-refractivity contribution in [2.45, 2.75) is 23.3 Å². The number of carbonyl (C=O) groups excluding carboxylic acids is 2. The van der Waals surface area contributed by atoms with Crippen LogP contribution >= 0.6 is 11.6 Å². The lowest BCUT2D eigenvalue weighted by atomic mass is 10.1. The summed E-state index contributed by atoms with van der Waals surface area (Å²) in [4.78, 5) is 24.5. The van der Waals surface area contributed by atoms with Crippen LogP contribution in [0.15, 0.2) is 88.8 Å². The molecular formula is C24H19ClN2O4S. The van der Waals surface area contributed by atoms with E-state index in [-0.39, 0.29) is 28.0 Å². The number of anilines is 1. The topological polar surface area (TPSA) is 85.2 Å². The number of ketones is 1. The van der Waals surface area contributed by atoms with Crippen LogP contribution in [0.5, 0.6) is 0 Å². The Kier molecular flexibility index (Phi) is 5.86. The van der Waals surface area contributed by atoms with Crippen LogP contribution in [0.3, 0.4) is 0 Å². The van der Waals surface area contributed by atoms with E-state index >= 15 is 0 Å². The Morgan fingerprint density at radius 2 is 1.69 bits per heavy atom. The van der Waals surface area contributed by atoms with Gasteiger partial charge in [-0.25, -0.2) is 8.42 Å². The predicted octanol–water partition coefficient (Wildman–Crippen LogP) is 4.97. The van der Waals surface area contributed by atoms with Crippen molar-refractivity contribution in [1.82, 2.24) is 4.57 Å². The van der Waals surface area contributed by atoms with Crippen LogP contribution < -0.4 is 5.32 Å². The smallest absolute Gasteiger partial charge is 0.244 e. The summed E-state index contributed by atoms with van der Waals surface area (Å²) >= 11 is 5.90. The maximum Gasteiger partial charge on any atom is 0.244 e. The van der Waals surface area contributed by atoms with Gasteiger partial charge in [0.05, 0.1) is 9.79 Å². The highest BCUT2D eigenvalue weighted by Crippen LogP contribution is 2.30. The Hall–Kier alpha value is -3.42. The molecule has 0 saturated heterocycles. The number of hydrogen-bond donors (Lipinski definition) is 1. The van der Waals surface area contributed by atoms with Gasteiger partial charge in [0.25, 0.3) is 0 Å². The third-order valence-electron chi connectivity index (χ3n) is 5.03. The maximum absolute atomic E-state index is 13.3. The molecule has 0 aliphatic carbocycles. The number of Topliss-reactive ketones (excluding diaryl/α,β-unsaturated/α-hetero) is 1. The third kappa shape index (κ3) is 4.30. The molecule has 8 heteroatoms. The second kappa shape index (κ2) is 8.61. The van der Waals surface area contributed by atoms with Crippen LogP contribution in [0.25, 0.3) is 10.9 Å². The number of aromatic nitrogens is 1. The average Bonchev–Trinajstić information content (AvgIpc) is 3.13. The molecule has 0 atom stereocenters. The van der Waals surface area contributed by atoms with Crippen LogP contribution in [-0.2, 0) is 21.2 Å². The first-order valence-electron chi connectivity index (χ1n) is 9.75. The second-order valence-electron chi connectivity index (χ2n) is 7.28. The van der Waals surface area contributed by atoms with Crippen molar-refractivity contribution in [2.24, 2.45) is 0 Å². The molecule has 0 radical (unpaired) electrons. The van der Waals surface area contributed by atoms with Gasteiger partial charge in [-0.3, -0.25) is 9.59 Å². The molecule has 162 valence electrons. The molecule has 1 amide bonds. The van der Waals surface area contributed by atoms with Crippen molar-refractivity contribution in [1.29, 1.82) is 0 Å². The SMILES string of the molecule is CC(=O)c1cccc(NC(=O)Cn2cc(S(=O)(=O)c3ccc(Cl)cc3)c3ccccc32)c1. The molecule has 32 heavy (non-hydrogen) atoms. The largest absolute Gasteiger partial charge is 0.337 e. The van der Waals surface area contributed by atoms with E-state index in [9.17, 15) is 18.0 Å². The molecule has 0 aliphatic rings. The number of hydrogen-bond acceptors (Lipinski definition) is 4. The monoisotopic (exact) mass is 466 g/mol. The Morgan fingerprint density at radius 1 is 0.969 bits per heavy atom. The van der Waals surface area contributed by atoms with Gasteiger partial charge >= 0.3 is 0 Å². The number of halogens is 1. The van der Waals surface area contributed by atoms with Crippen LogP contribution in [0.1, 0.15) is 17.3 Å². The van der Waals surface area contributed by atoms with E-state index in [0.29, 0.717) is 27.2 Å². The van der Waals surface area contributed by atoms with Crippen molar-refractivity contribution in [2.75, 3.05) is 5.32 Å². The van der Waals surface area contributed by atoms with E-state index in [4.69, 9.17) is 11.6 Å². The molecule has 0 aliphatic heterocycles. The van der Waals surface area contributed by atoms with Gasteiger partial charge in [0.1, 0.15) is 6.54 Å². The number of fused-ring (bicyclic) bond motifs is 1. The molecule has 0 spiro atoms. The molecule has 4 rings (SSSR count). The van der Waals surface area contributed by atoms with Gasteiger partial charge in [-0.05, 0) is 49.4 Å². The molecule has 6 nitrogen and oxygen atoms in total. The molecule has 3 aromatic carbocycles. The van der Waals surface area contributed by atoms with E-state index < -0.39 is 9.84 Å². The number of para-hydroxylation sites is 1. The summed E-state index contributed by atoms with van der Waals surface area (Å²) in [6.45, 7) is 1.36. The van der Waals surface area contributed by atoms with Crippen LogP contribution in [0, 0.1) is 0 Å². The van der Waals surface area contributed by atoms with Crippen molar-refractivity contribution in [3.05, 3.63) is 89.6 Å². The predicted molar refractivity (Wildman–Crippen MR) is 124 cm³/mol. The normalized spacial score (nSPS) is 11.4. The van der Waals surface area contributed by atoms with E-state index in [1.165, 1.54) is 37.4 Å². The van der Waals surface area contributed by atoms with Crippen molar-refractivity contribution < 1.29 is 18.0 Å². The van der Waals surface area contributed by atoms with E-state index in [1.807, 2.05) is 0 Å². The van der Waals surface area contributed by atoms with Crippen molar-refractivity contribution in [3.8, 4) is 0 Å². The fraction of sp³-hybridized carbons (Fsp3) is 0.0833. The Balaban J connectivity index is 1.67. The third-order valence-corrected chi connectivity index (χ3v) is 7.08. The molecule has 1 heterocycles. The zero-order valence-corrected chi connectivity index (χ0v) is 18.7. The minimum atomic E-state index is -3.82. The number of benzene rings is 3. The zero-order valence-electron chi connectivity index (χ0n) is 17.1. The Labute approximate surface area is 190 Å². The van der Waals surface area contributed by atoms with Crippen molar-refractivity contribution >= 4 is 49.7 Å². The summed E-state index contributed by atoms with van der Waals surface area (Å²) in [6, 6.07) is 19.6. The average molecular weight is 467 g/mol. The molecule has 1 aromatic heterocycles. The van der Waals surface area contributed by atoms with Gasteiger partial charge in [-0.15, -0.1) is 0 Å². The maximum atomic E-state index is 13.3. The van der Waals surface area contributed by atoms with Gasteiger partial charge in [-0.1, -0.05) is 41.9 Å². The van der Waals surface area contributed by atoms with Gasteiger partial charge in [0, 0.05) is 33.4 Å². The van der Waals surface area contributed by atoms with Gasteiger partial charge in [-0.2, -0.15) is 0 Å². The number of nitrogens with zero attached hydrogens (tertiary/aromatic N) is 1. The number of sulfone groups is 1. The lowest BCUT2D eigenvalue weighted by molar-refractivity contribution is -0.116. The fourth-order valence-corrected chi connectivity index (χ4v) is 5.07. The van der Waals surface area contributed by atoms with E-state index in [0.717, 1.165) is 0 Å². The van der Waals surface area contributed by atoms with Gasteiger partial charge in [0.2, 0.25) is 15.7 Å². The van der Waals surface area contributed by atoms with Crippen LogP contribution in [-0.4, -0.2) is 24.7 Å². The van der Waals surface area contributed by atoms with Gasteiger partial charge in [0.15, 0.2) is 5.78 Å². The summed E-state index contributed by atoms with van der Waals surface area (Å²) in [7, 11) is -3.82. The number of rotatable bonds is 6. The van der Waals surface area contributed by atoms with E-state index in [1.54, 1.807) is 53.1 Å². The minimum absolute atomic E-state index is 0.0963. The van der Waals surface area contributed by atoms with Crippen LogP contribution in [0.2, 0.25) is 5.02 Å². The lowest BCUT2D eigenvalue weighted by Crippen LogP contribution is -2.18. The fourth-order valence-electron chi connectivity index (χ4n) is 3.47. The molecule has 0 fully saturated rings. The number of amides is 1. The molecule has 1 N–H and O–H groups in total. The number of nitrogens with one attached hydrogen (secondary N) is 1. The summed E-state index contributed by atoms with van der Waals surface area (Å²) in [5.41, 5.74) is 1.60. The first-order chi connectivity index (χ1) is 15.3. The second-order valence-corrected chi connectivity index (χ2v) is 9.64. The molecule has 0 saturated carbocycles. The Morgan fingerprint density at radius 3 is 2.41 bits per heavy atom. The first-order valence-corrected chi connectivity index (χ1v) is 11.6. The summed E-state index contributed by atoms with van der Waals surface area (Å²) < 4.78 is 28.1. The highest BCUT2D eigenvalue weighted by Gasteiger charge is 2.24. The van der Waals surface area contributed by atoms with Crippen LogP contribution in [0.4, 0.5) is 5.69 Å². The highest BCUT2D eigenvalue weighted by molar-refractivity contribution is 7.91. The molecule has 0 unspecified atom stereocenters. The highest BCUT2D eigenvalue weighted by atomic mass is 35.5. The minimum Gasteiger partial charge on any atom is -0.337 e. The quantitative estimate of drug-likeness (QED) is 0.406. The standard InChI is InChI=1S/C24H19ClN2O4S/c1-16(28)17-5-4-6-19(13-17)26-24(29)15-27-14-23(21-7-2-3-8-22(21)27)32(30,31)20-11-9-18(25)10-12-20/h2-14H,15H2,1H3,(H,26,29).